The summed E-state index contributed by atoms with van der Waals surface area (Å²) in [5.41, 5.74) is 2.32. The summed E-state index contributed by atoms with van der Waals surface area (Å²) in [5.74, 6) is -0.476. The molecule has 0 saturated carbocycles. The van der Waals surface area contributed by atoms with E-state index >= 15 is 0 Å². The van der Waals surface area contributed by atoms with E-state index in [1.807, 2.05) is 19.9 Å². The summed E-state index contributed by atoms with van der Waals surface area (Å²) in [7, 11) is 0. The van der Waals surface area contributed by atoms with Crippen LogP contribution in [0.4, 0.5) is 21.5 Å². The van der Waals surface area contributed by atoms with E-state index in [1.165, 1.54) is 24.3 Å². The van der Waals surface area contributed by atoms with Gasteiger partial charge in [0.25, 0.3) is 5.91 Å². The van der Waals surface area contributed by atoms with Crippen molar-refractivity contribution in [2.75, 3.05) is 10.6 Å². The molecule has 0 aliphatic carbocycles. The Hall–Kier alpha value is -3.34. The lowest BCUT2D eigenvalue weighted by Gasteiger charge is -2.12. The van der Waals surface area contributed by atoms with Gasteiger partial charge < -0.3 is 15.7 Å². The molecule has 3 rings (SSSR count). The van der Waals surface area contributed by atoms with Gasteiger partial charge in [-0.05, 0) is 60.7 Å². The van der Waals surface area contributed by atoms with E-state index in [4.69, 9.17) is 0 Å². The largest absolute Gasteiger partial charge is 0.508 e. The third kappa shape index (κ3) is 5.08. The Balaban J connectivity index is 0.00000117. The van der Waals surface area contributed by atoms with Crippen LogP contribution in [0.2, 0.25) is 0 Å². The van der Waals surface area contributed by atoms with Crippen LogP contribution in [0.1, 0.15) is 24.2 Å². The molecule has 0 fully saturated rings. The molecule has 134 valence electrons. The van der Waals surface area contributed by atoms with Gasteiger partial charge in [-0.15, -0.1) is 0 Å². The minimum atomic E-state index is -0.320. The molecule has 3 N–H and O–H groups in total. The highest BCUT2D eigenvalue weighted by Crippen LogP contribution is 2.22. The van der Waals surface area contributed by atoms with Gasteiger partial charge in [0.05, 0.1) is 11.3 Å². The average molecular weight is 352 g/mol. The van der Waals surface area contributed by atoms with Gasteiger partial charge in [-0.2, -0.15) is 0 Å². The summed E-state index contributed by atoms with van der Waals surface area (Å²) in [6.45, 7) is 4.00. The first-order valence-corrected chi connectivity index (χ1v) is 8.34. The number of benzene rings is 3. The quantitative estimate of drug-likeness (QED) is 0.539. The molecule has 0 spiro atoms. The molecule has 0 saturated heterocycles. The van der Waals surface area contributed by atoms with E-state index in [9.17, 15) is 14.3 Å². The number of para-hydroxylation sites is 1. The number of carbonyl (C=O) groups is 1. The minimum absolute atomic E-state index is 0.131. The number of halogens is 1. The molecule has 3 aromatic rings. The van der Waals surface area contributed by atoms with Crippen molar-refractivity contribution in [2.24, 2.45) is 0 Å². The molecule has 4 nitrogen and oxygen atoms in total. The van der Waals surface area contributed by atoms with Crippen LogP contribution in [-0.2, 0) is 0 Å². The number of nitrogens with one attached hydrogen (secondary N) is 2. The molecule has 1 amide bonds. The van der Waals surface area contributed by atoms with Crippen LogP contribution in [0.3, 0.4) is 0 Å². The van der Waals surface area contributed by atoms with Gasteiger partial charge in [0.2, 0.25) is 0 Å². The molecular formula is C21H21FN2O2. The monoisotopic (exact) mass is 352 g/mol. The Morgan fingerprint density at radius 1 is 0.846 bits per heavy atom. The summed E-state index contributed by atoms with van der Waals surface area (Å²) in [6.07, 6.45) is 0. The van der Waals surface area contributed by atoms with Crippen molar-refractivity contribution in [1.29, 1.82) is 0 Å². The van der Waals surface area contributed by atoms with Crippen LogP contribution >= 0.6 is 0 Å². The Morgan fingerprint density at radius 3 is 2.08 bits per heavy atom. The van der Waals surface area contributed by atoms with Crippen molar-refractivity contribution >= 4 is 23.0 Å². The topological polar surface area (TPSA) is 61.4 Å². The molecule has 5 heteroatoms. The number of anilines is 3. The molecule has 3 aromatic carbocycles. The average Bonchev–Trinajstić information content (AvgIpc) is 2.67. The number of phenolic OH excluding ortho intramolecular Hbond substituents is 1. The van der Waals surface area contributed by atoms with E-state index < -0.39 is 0 Å². The fraction of sp³-hybridized carbons (Fsp3) is 0.0952. The van der Waals surface area contributed by atoms with E-state index in [1.54, 1.807) is 42.5 Å². The third-order valence-corrected chi connectivity index (χ3v) is 3.42. The maximum Gasteiger partial charge on any atom is 0.257 e. The van der Waals surface area contributed by atoms with Crippen molar-refractivity contribution in [2.45, 2.75) is 13.8 Å². The standard InChI is InChI=1S/C19H15FN2O2.C2H6/c20-13-5-7-14(8-6-13)21-18-4-2-1-3-17(18)19(24)22-15-9-11-16(23)12-10-15;1-2/h1-12,21,23H,(H,22,24);1-2H3. The lowest BCUT2D eigenvalue weighted by molar-refractivity contribution is 0.102. The highest BCUT2D eigenvalue weighted by Gasteiger charge is 2.11. The molecule has 0 unspecified atom stereocenters. The summed E-state index contributed by atoms with van der Waals surface area (Å²) in [5, 5.41) is 15.2. The van der Waals surface area contributed by atoms with Crippen molar-refractivity contribution in [3.8, 4) is 5.75 Å². The first-order valence-electron chi connectivity index (χ1n) is 8.34. The van der Waals surface area contributed by atoms with Gasteiger partial charge >= 0.3 is 0 Å². The molecular weight excluding hydrogens is 331 g/mol. The molecule has 0 bridgehead atoms. The lowest BCUT2D eigenvalue weighted by atomic mass is 10.1. The van der Waals surface area contributed by atoms with Crippen molar-refractivity contribution < 1.29 is 14.3 Å². The van der Waals surface area contributed by atoms with E-state index in [2.05, 4.69) is 10.6 Å². The zero-order valence-corrected chi connectivity index (χ0v) is 14.7. The number of hydrogen-bond acceptors (Lipinski definition) is 3. The molecule has 0 aliphatic rings. The first kappa shape index (κ1) is 19.0. The molecule has 0 radical (unpaired) electrons. The molecule has 0 aromatic heterocycles. The predicted molar refractivity (Wildman–Crippen MR) is 104 cm³/mol. The van der Waals surface area contributed by atoms with Crippen LogP contribution in [0.15, 0.2) is 72.8 Å². The molecule has 0 heterocycles. The zero-order chi connectivity index (χ0) is 18.9. The van der Waals surface area contributed by atoms with Gasteiger partial charge in [-0.25, -0.2) is 4.39 Å². The van der Waals surface area contributed by atoms with Crippen LogP contribution in [-0.4, -0.2) is 11.0 Å². The Bertz CT molecular complexity index is 847. The van der Waals surface area contributed by atoms with E-state index in [0.717, 1.165) is 0 Å². The number of phenols is 1. The minimum Gasteiger partial charge on any atom is -0.508 e. The van der Waals surface area contributed by atoms with Gasteiger partial charge in [0.15, 0.2) is 0 Å². The maximum atomic E-state index is 13.0. The number of rotatable bonds is 4. The Labute approximate surface area is 152 Å². The highest BCUT2D eigenvalue weighted by molar-refractivity contribution is 6.08. The van der Waals surface area contributed by atoms with Crippen LogP contribution < -0.4 is 10.6 Å². The smallest absolute Gasteiger partial charge is 0.257 e. The summed E-state index contributed by atoms with van der Waals surface area (Å²) >= 11 is 0. The lowest BCUT2D eigenvalue weighted by Crippen LogP contribution is -2.13. The fourth-order valence-corrected chi connectivity index (χ4v) is 2.22. The Morgan fingerprint density at radius 2 is 1.42 bits per heavy atom. The third-order valence-electron chi connectivity index (χ3n) is 3.42. The number of amides is 1. The van der Waals surface area contributed by atoms with Crippen molar-refractivity contribution in [3.63, 3.8) is 0 Å². The van der Waals surface area contributed by atoms with Gasteiger partial charge in [-0.3, -0.25) is 4.79 Å². The molecule has 0 atom stereocenters. The second-order valence-electron chi connectivity index (χ2n) is 5.18. The number of hydrogen-bond donors (Lipinski definition) is 3. The second kappa shape index (κ2) is 9.22. The van der Waals surface area contributed by atoms with Crippen LogP contribution in [0.5, 0.6) is 5.75 Å². The highest BCUT2D eigenvalue weighted by atomic mass is 19.1. The predicted octanol–water partition coefficient (Wildman–Crippen LogP) is 5.55. The zero-order valence-electron chi connectivity index (χ0n) is 14.7. The van der Waals surface area contributed by atoms with E-state index in [-0.39, 0.29) is 17.5 Å². The fourth-order valence-electron chi connectivity index (χ4n) is 2.22. The van der Waals surface area contributed by atoms with Crippen LogP contribution in [0.25, 0.3) is 0 Å². The van der Waals surface area contributed by atoms with Gasteiger partial charge in [0.1, 0.15) is 11.6 Å². The van der Waals surface area contributed by atoms with Gasteiger partial charge in [0, 0.05) is 11.4 Å². The molecule has 0 aliphatic heterocycles. The summed E-state index contributed by atoms with van der Waals surface area (Å²) in [4.78, 5) is 12.5. The first-order chi connectivity index (χ1) is 12.6. The Kier molecular flexibility index (Phi) is 6.74. The van der Waals surface area contributed by atoms with Crippen LogP contribution in [0, 0.1) is 5.82 Å². The normalized spacial score (nSPS) is 9.65. The SMILES string of the molecule is CC.O=C(Nc1ccc(O)cc1)c1ccccc1Nc1ccc(F)cc1. The summed E-state index contributed by atoms with van der Waals surface area (Å²) < 4.78 is 13.0. The van der Waals surface area contributed by atoms with Crippen molar-refractivity contribution in [3.05, 3.63) is 84.2 Å². The van der Waals surface area contributed by atoms with E-state index in [0.29, 0.717) is 22.6 Å². The molecule has 26 heavy (non-hydrogen) atoms. The maximum absolute atomic E-state index is 13.0. The number of carbonyl (C=O) groups excluding carboxylic acids is 1. The van der Waals surface area contributed by atoms with Gasteiger partial charge in [-0.1, -0.05) is 26.0 Å². The second-order valence-corrected chi connectivity index (χ2v) is 5.18. The number of aromatic hydroxyl groups is 1. The van der Waals surface area contributed by atoms with Crippen molar-refractivity contribution in [1.82, 2.24) is 0 Å². The summed E-state index contributed by atoms with van der Waals surface area (Å²) in [6, 6.07) is 19.2.